The number of carbonyl (C=O) groups excluding carboxylic acids is 1. The minimum Gasteiger partial charge on any atom is -0.431 e. The topological polar surface area (TPSA) is 56.5 Å². The molecule has 0 aliphatic carbocycles. The predicted octanol–water partition coefficient (Wildman–Crippen LogP) is 2.09. The maximum Gasteiger partial charge on any atom is 0.351 e. The Bertz CT molecular complexity index is 610. The summed E-state index contributed by atoms with van der Waals surface area (Å²) in [6, 6.07) is 8.35. The van der Waals surface area contributed by atoms with Crippen LogP contribution in [0.4, 0.5) is 0 Å². The number of carbonyl (C=O) groups is 1. The fraction of sp³-hybridized carbons (Fsp3) is 0. The van der Waals surface area contributed by atoms with E-state index < -0.39 is 11.6 Å². The number of fused-ring (bicyclic) bond motifs is 1. The third-order valence-electron chi connectivity index (χ3n) is 2.05. The number of esters is 1. The molecule has 2 rings (SSSR count). The molecule has 0 saturated carbocycles. The lowest BCUT2D eigenvalue weighted by Crippen LogP contribution is -2.14. The standard InChI is InChI=1S/C12H8O4/c1-2-15-11(13)9-7-8-5-3-4-6-10(8)16-12(9)14/h2-7H,1H2. The molecule has 1 aromatic carbocycles. The summed E-state index contributed by atoms with van der Waals surface area (Å²) < 4.78 is 9.49. The van der Waals surface area contributed by atoms with Crippen molar-refractivity contribution in [3.8, 4) is 0 Å². The first-order chi connectivity index (χ1) is 7.72. The second-order valence-corrected chi connectivity index (χ2v) is 3.06. The van der Waals surface area contributed by atoms with Crippen molar-refractivity contribution in [2.24, 2.45) is 0 Å². The van der Waals surface area contributed by atoms with Gasteiger partial charge in [0, 0.05) is 5.39 Å². The second-order valence-electron chi connectivity index (χ2n) is 3.06. The molecular formula is C12H8O4. The molecule has 80 valence electrons. The minimum atomic E-state index is -0.769. The van der Waals surface area contributed by atoms with Gasteiger partial charge in [0.15, 0.2) is 0 Å². The van der Waals surface area contributed by atoms with Gasteiger partial charge in [-0.3, -0.25) is 0 Å². The average molecular weight is 216 g/mol. The molecule has 0 atom stereocenters. The minimum absolute atomic E-state index is 0.140. The Hall–Kier alpha value is -2.36. The third kappa shape index (κ3) is 1.72. The molecule has 1 heterocycles. The van der Waals surface area contributed by atoms with Crippen LogP contribution in [0, 0.1) is 0 Å². The van der Waals surface area contributed by atoms with Gasteiger partial charge in [-0.1, -0.05) is 24.8 Å². The molecule has 2 aromatic rings. The SMILES string of the molecule is C=COC(=O)c1cc2ccccc2oc1=O. The van der Waals surface area contributed by atoms with E-state index in [1.54, 1.807) is 24.3 Å². The largest absolute Gasteiger partial charge is 0.431 e. The molecule has 16 heavy (non-hydrogen) atoms. The van der Waals surface area contributed by atoms with Crippen molar-refractivity contribution in [1.29, 1.82) is 0 Å². The van der Waals surface area contributed by atoms with E-state index in [1.165, 1.54) is 6.07 Å². The Labute approximate surface area is 90.8 Å². The Morgan fingerprint density at radius 2 is 2.12 bits per heavy atom. The van der Waals surface area contributed by atoms with Crippen LogP contribution in [0.1, 0.15) is 10.4 Å². The molecule has 0 aliphatic heterocycles. The maximum atomic E-state index is 11.4. The van der Waals surface area contributed by atoms with E-state index in [-0.39, 0.29) is 5.56 Å². The lowest BCUT2D eigenvalue weighted by molar-refractivity contribution is 0.0660. The molecule has 0 unspecified atom stereocenters. The molecule has 0 bridgehead atoms. The van der Waals surface area contributed by atoms with E-state index in [9.17, 15) is 9.59 Å². The van der Waals surface area contributed by atoms with Crippen molar-refractivity contribution in [2.45, 2.75) is 0 Å². The van der Waals surface area contributed by atoms with Crippen molar-refractivity contribution < 1.29 is 13.9 Å². The smallest absolute Gasteiger partial charge is 0.351 e. The van der Waals surface area contributed by atoms with Crippen LogP contribution in [0.5, 0.6) is 0 Å². The summed E-state index contributed by atoms with van der Waals surface area (Å²) in [7, 11) is 0. The van der Waals surface area contributed by atoms with E-state index in [0.29, 0.717) is 11.0 Å². The summed E-state index contributed by atoms with van der Waals surface area (Å²) in [4.78, 5) is 22.8. The van der Waals surface area contributed by atoms with Crippen LogP contribution in [-0.2, 0) is 4.74 Å². The quantitative estimate of drug-likeness (QED) is 0.438. The van der Waals surface area contributed by atoms with Crippen LogP contribution in [-0.4, -0.2) is 5.97 Å². The highest BCUT2D eigenvalue weighted by molar-refractivity contribution is 5.93. The zero-order valence-corrected chi connectivity index (χ0v) is 8.30. The van der Waals surface area contributed by atoms with Crippen molar-refractivity contribution in [2.75, 3.05) is 0 Å². The molecule has 0 fully saturated rings. The first-order valence-electron chi connectivity index (χ1n) is 4.57. The molecule has 1 aromatic heterocycles. The van der Waals surface area contributed by atoms with Crippen molar-refractivity contribution in [3.05, 3.63) is 59.2 Å². The van der Waals surface area contributed by atoms with Crippen LogP contribution < -0.4 is 5.63 Å². The van der Waals surface area contributed by atoms with E-state index >= 15 is 0 Å². The first kappa shape index (κ1) is 10.2. The Morgan fingerprint density at radius 1 is 1.38 bits per heavy atom. The fourth-order valence-electron chi connectivity index (χ4n) is 1.34. The predicted molar refractivity (Wildman–Crippen MR) is 58.1 cm³/mol. The maximum absolute atomic E-state index is 11.4. The van der Waals surface area contributed by atoms with Gasteiger partial charge in [-0.2, -0.15) is 0 Å². The number of para-hydroxylation sites is 1. The van der Waals surface area contributed by atoms with Gasteiger partial charge in [-0.25, -0.2) is 9.59 Å². The normalized spacial score (nSPS) is 10.0. The van der Waals surface area contributed by atoms with Gasteiger partial charge in [-0.15, -0.1) is 0 Å². The van der Waals surface area contributed by atoms with E-state index in [2.05, 4.69) is 11.3 Å². The number of hydrogen-bond donors (Lipinski definition) is 0. The number of rotatable bonds is 2. The lowest BCUT2D eigenvalue weighted by Gasteiger charge is -1.99. The van der Waals surface area contributed by atoms with Crippen molar-refractivity contribution in [1.82, 2.24) is 0 Å². The van der Waals surface area contributed by atoms with Crippen LogP contribution >= 0.6 is 0 Å². The van der Waals surface area contributed by atoms with Crippen LogP contribution in [0.15, 0.2) is 52.4 Å². The molecule has 0 amide bonds. The van der Waals surface area contributed by atoms with E-state index in [1.807, 2.05) is 0 Å². The van der Waals surface area contributed by atoms with Crippen molar-refractivity contribution >= 4 is 16.9 Å². The van der Waals surface area contributed by atoms with Gasteiger partial charge >= 0.3 is 11.6 Å². The number of hydrogen-bond acceptors (Lipinski definition) is 4. The summed E-state index contributed by atoms with van der Waals surface area (Å²) >= 11 is 0. The van der Waals surface area contributed by atoms with Gasteiger partial charge in [0.1, 0.15) is 11.1 Å². The summed E-state index contributed by atoms with van der Waals surface area (Å²) in [5.74, 6) is -0.769. The second kappa shape index (κ2) is 4.02. The highest BCUT2D eigenvalue weighted by atomic mass is 16.5. The molecule has 4 nitrogen and oxygen atoms in total. The summed E-state index contributed by atoms with van der Waals surface area (Å²) in [5.41, 5.74) is -0.424. The Balaban J connectivity index is 2.63. The molecule has 0 N–H and O–H groups in total. The van der Waals surface area contributed by atoms with Gasteiger partial charge in [0.05, 0.1) is 6.26 Å². The Kier molecular flexibility index (Phi) is 2.55. The van der Waals surface area contributed by atoms with Crippen LogP contribution in [0.25, 0.3) is 11.0 Å². The van der Waals surface area contributed by atoms with E-state index in [0.717, 1.165) is 6.26 Å². The molecule has 0 spiro atoms. The number of benzene rings is 1. The fourth-order valence-corrected chi connectivity index (χ4v) is 1.34. The first-order valence-corrected chi connectivity index (χ1v) is 4.57. The van der Waals surface area contributed by atoms with Gasteiger partial charge in [0.25, 0.3) is 0 Å². The summed E-state index contributed by atoms with van der Waals surface area (Å²) in [5, 5.41) is 0.665. The summed E-state index contributed by atoms with van der Waals surface area (Å²) in [6.07, 6.45) is 0.969. The highest BCUT2D eigenvalue weighted by Crippen LogP contribution is 2.12. The van der Waals surface area contributed by atoms with Crippen LogP contribution in [0.3, 0.4) is 0 Å². The van der Waals surface area contributed by atoms with Gasteiger partial charge < -0.3 is 9.15 Å². The van der Waals surface area contributed by atoms with E-state index in [4.69, 9.17) is 4.42 Å². The monoisotopic (exact) mass is 216 g/mol. The van der Waals surface area contributed by atoms with Gasteiger partial charge in [-0.05, 0) is 12.1 Å². The zero-order valence-electron chi connectivity index (χ0n) is 8.30. The third-order valence-corrected chi connectivity index (χ3v) is 2.05. The number of ether oxygens (including phenoxy) is 1. The van der Waals surface area contributed by atoms with Crippen molar-refractivity contribution in [3.63, 3.8) is 0 Å². The molecule has 0 radical (unpaired) electrons. The zero-order chi connectivity index (χ0) is 11.5. The lowest BCUT2D eigenvalue weighted by atomic mass is 10.2. The highest BCUT2D eigenvalue weighted by Gasteiger charge is 2.13. The molecular weight excluding hydrogens is 208 g/mol. The average Bonchev–Trinajstić information content (AvgIpc) is 2.28. The van der Waals surface area contributed by atoms with Crippen LogP contribution in [0.2, 0.25) is 0 Å². The van der Waals surface area contributed by atoms with Gasteiger partial charge in [0.2, 0.25) is 0 Å². The molecule has 0 saturated heterocycles. The Morgan fingerprint density at radius 3 is 2.88 bits per heavy atom. The molecule has 0 aliphatic rings. The summed E-state index contributed by atoms with van der Waals surface area (Å²) in [6.45, 7) is 3.24. The molecule has 4 heteroatoms.